The summed E-state index contributed by atoms with van der Waals surface area (Å²) in [4.78, 5) is 9.45. The SMILES string of the molecule is COc1ccc(N2CCCN(Cc3nc(-c4ccc(C(C)C)cc4)no3)CC2)cc1. The van der Waals surface area contributed by atoms with Crippen LogP contribution < -0.4 is 9.64 Å². The van der Waals surface area contributed by atoms with Crippen molar-refractivity contribution in [2.75, 3.05) is 38.2 Å². The summed E-state index contributed by atoms with van der Waals surface area (Å²) in [6, 6.07) is 16.7. The van der Waals surface area contributed by atoms with Crippen molar-refractivity contribution < 1.29 is 9.26 Å². The van der Waals surface area contributed by atoms with E-state index < -0.39 is 0 Å². The number of hydrogen-bond donors (Lipinski definition) is 0. The molecule has 4 rings (SSSR count). The highest BCUT2D eigenvalue weighted by Crippen LogP contribution is 2.22. The minimum absolute atomic E-state index is 0.514. The molecular weight excluding hydrogens is 376 g/mol. The molecule has 6 nitrogen and oxygen atoms in total. The van der Waals surface area contributed by atoms with Gasteiger partial charge in [0.2, 0.25) is 11.7 Å². The Hall–Kier alpha value is -2.86. The smallest absolute Gasteiger partial charge is 0.241 e. The maximum Gasteiger partial charge on any atom is 0.241 e. The van der Waals surface area contributed by atoms with Crippen LogP contribution in [0.2, 0.25) is 0 Å². The first-order valence-electron chi connectivity index (χ1n) is 10.7. The predicted molar refractivity (Wildman–Crippen MR) is 119 cm³/mol. The zero-order valence-electron chi connectivity index (χ0n) is 18.0. The second-order valence-electron chi connectivity index (χ2n) is 8.10. The van der Waals surface area contributed by atoms with Crippen molar-refractivity contribution >= 4 is 5.69 Å². The molecule has 1 aliphatic heterocycles. The van der Waals surface area contributed by atoms with E-state index in [1.54, 1.807) is 7.11 Å². The van der Waals surface area contributed by atoms with Crippen molar-refractivity contribution in [3.8, 4) is 17.1 Å². The lowest BCUT2D eigenvalue weighted by Crippen LogP contribution is -2.30. The average molecular weight is 407 g/mol. The maximum atomic E-state index is 5.55. The molecule has 2 heterocycles. The van der Waals surface area contributed by atoms with Crippen molar-refractivity contribution in [1.82, 2.24) is 15.0 Å². The van der Waals surface area contributed by atoms with Gasteiger partial charge in [0, 0.05) is 37.4 Å². The number of anilines is 1. The second-order valence-corrected chi connectivity index (χ2v) is 8.10. The molecule has 2 aromatic carbocycles. The van der Waals surface area contributed by atoms with Gasteiger partial charge in [0.25, 0.3) is 0 Å². The Balaban J connectivity index is 1.35. The van der Waals surface area contributed by atoms with Crippen molar-refractivity contribution in [3.05, 3.63) is 60.0 Å². The lowest BCUT2D eigenvalue weighted by atomic mass is 10.0. The van der Waals surface area contributed by atoms with Crippen molar-refractivity contribution in [2.45, 2.75) is 32.7 Å². The Bertz CT molecular complexity index is 935. The molecule has 1 aromatic heterocycles. The first-order chi connectivity index (χ1) is 14.6. The van der Waals surface area contributed by atoms with E-state index in [4.69, 9.17) is 9.26 Å². The summed E-state index contributed by atoms with van der Waals surface area (Å²) in [5, 5.41) is 4.19. The minimum atomic E-state index is 0.514. The number of ether oxygens (including phenoxy) is 1. The van der Waals surface area contributed by atoms with E-state index in [0.717, 1.165) is 43.9 Å². The average Bonchev–Trinajstić information content (AvgIpc) is 3.12. The number of hydrogen-bond acceptors (Lipinski definition) is 6. The first-order valence-corrected chi connectivity index (χ1v) is 10.7. The molecule has 0 saturated carbocycles. The highest BCUT2D eigenvalue weighted by Gasteiger charge is 2.18. The highest BCUT2D eigenvalue weighted by atomic mass is 16.5. The third kappa shape index (κ3) is 4.82. The topological polar surface area (TPSA) is 54.6 Å². The molecule has 0 bridgehead atoms. The molecular formula is C24H30N4O2. The molecule has 0 N–H and O–H groups in total. The van der Waals surface area contributed by atoms with E-state index >= 15 is 0 Å². The molecule has 0 unspecified atom stereocenters. The van der Waals surface area contributed by atoms with Gasteiger partial charge in [0.15, 0.2) is 0 Å². The quantitative estimate of drug-likeness (QED) is 0.597. The van der Waals surface area contributed by atoms with E-state index in [1.165, 1.54) is 11.3 Å². The van der Waals surface area contributed by atoms with Gasteiger partial charge in [-0.2, -0.15) is 4.98 Å². The van der Waals surface area contributed by atoms with Gasteiger partial charge in [0.1, 0.15) is 5.75 Å². The third-order valence-electron chi connectivity index (χ3n) is 5.69. The molecule has 0 amide bonds. The largest absolute Gasteiger partial charge is 0.497 e. The number of methoxy groups -OCH3 is 1. The fourth-order valence-electron chi connectivity index (χ4n) is 3.82. The van der Waals surface area contributed by atoms with Crippen LogP contribution in [0.1, 0.15) is 37.6 Å². The van der Waals surface area contributed by atoms with Crippen LogP contribution in [-0.4, -0.2) is 48.3 Å². The molecule has 3 aromatic rings. The normalized spacial score (nSPS) is 15.4. The summed E-state index contributed by atoms with van der Waals surface area (Å²) in [6.07, 6.45) is 1.10. The lowest BCUT2D eigenvalue weighted by Gasteiger charge is -2.23. The second kappa shape index (κ2) is 9.30. The van der Waals surface area contributed by atoms with Gasteiger partial charge in [-0.3, -0.25) is 4.90 Å². The molecule has 158 valence electrons. The number of rotatable bonds is 6. The van der Waals surface area contributed by atoms with Gasteiger partial charge < -0.3 is 14.2 Å². The summed E-state index contributed by atoms with van der Waals surface area (Å²) in [6.45, 7) is 9.08. The van der Waals surface area contributed by atoms with Gasteiger partial charge in [-0.15, -0.1) is 0 Å². The first kappa shape index (κ1) is 20.4. The van der Waals surface area contributed by atoms with Gasteiger partial charge >= 0.3 is 0 Å². The Morgan fingerprint density at radius 3 is 2.43 bits per heavy atom. The molecule has 1 fully saturated rings. The summed E-state index contributed by atoms with van der Waals surface area (Å²) >= 11 is 0. The van der Waals surface area contributed by atoms with Gasteiger partial charge in [-0.05, 0) is 42.2 Å². The zero-order valence-corrected chi connectivity index (χ0v) is 18.0. The summed E-state index contributed by atoms with van der Waals surface area (Å²) in [7, 11) is 1.70. The van der Waals surface area contributed by atoms with Crippen molar-refractivity contribution in [1.29, 1.82) is 0 Å². The van der Waals surface area contributed by atoms with Crippen LogP contribution in [0.4, 0.5) is 5.69 Å². The minimum Gasteiger partial charge on any atom is -0.497 e. The molecule has 0 aliphatic carbocycles. The maximum absolute atomic E-state index is 5.55. The number of aromatic nitrogens is 2. The van der Waals surface area contributed by atoms with Crippen LogP contribution in [0.25, 0.3) is 11.4 Å². The number of benzene rings is 2. The van der Waals surface area contributed by atoms with Crippen LogP contribution in [0, 0.1) is 0 Å². The Kier molecular flexibility index (Phi) is 6.33. The van der Waals surface area contributed by atoms with Crippen LogP contribution in [0.15, 0.2) is 53.1 Å². The standard InChI is InChI=1S/C24H30N4O2/c1-18(2)19-5-7-20(8-6-19)24-25-23(30-26-24)17-27-13-4-14-28(16-15-27)21-9-11-22(29-3)12-10-21/h5-12,18H,4,13-17H2,1-3H3. The van der Waals surface area contributed by atoms with E-state index in [1.807, 2.05) is 12.1 Å². The van der Waals surface area contributed by atoms with E-state index in [-0.39, 0.29) is 0 Å². The molecule has 1 saturated heterocycles. The summed E-state index contributed by atoms with van der Waals surface area (Å²) in [5.41, 5.74) is 3.55. The molecule has 6 heteroatoms. The molecule has 1 aliphatic rings. The van der Waals surface area contributed by atoms with Crippen LogP contribution in [0.3, 0.4) is 0 Å². The van der Waals surface area contributed by atoms with Crippen molar-refractivity contribution in [3.63, 3.8) is 0 Å². The Morgan fingerprint density at radius 1 is 0.967 bits per heavy atom. The summed E-state index contributed by atoms with van der Waals surface area (Å²) in [5.74, 6) is 2.74. The van der Waals surface area contributed by atoms with E-state index in [9.17, 15) is 0 Å². The van der Waals surface area contributed by atoms with Crippen LogP contribution in [-0.2, 0) is 6.54 Å². The monoisotopic (exact) mass is 406 g/mol. The Labute approximate surface area is 178 Å². The summed E-state index contributed by atoms with van der Waals surface area (Å²) < 4.78 is 10.8. The van der Waals surface area contributed by atoms with E-state index in [2.05, 4.69) is 70.2 Å². The molecule has 30 heavy (non-hydrogen) atoms. The third-order valence-corrected chi connectivity index (χ3v) is 5.69. The fourth-order valence-corrected chi connectivity index (χ4v) is 3.82. The predicted octanol–water partition coefficient (Wildman–Crippen LogP) is 4.58. The number of nitrogens with zero attached hydrogens (tertiary/aromatic N) is 4. The van der Waals surface area contributed by atoms with Gasteiger partial charge in [-0.25, -0.2) is 0 Å². The molecule has 0 radical (unpaired) electrons. The Morgan fingerprint density at radius 2 is 1.73 bits per heavy atom. The molecule has 0 spiro atoms. The molecule has 0 atom stereocenters. The van der Waals surface area contributed by atoms with Gasteiger partial charge in [-0.1, -0.05) is 43.3 Å². The lowest BCUT2D eigenvalue weighted by molar-refractivity contribution is 0.239. The van der Waals surface area contributed by atoms with Crippen LogP contribution in [0.5, 0.6) is 5.75 Å². The highest BCUT2D eigenvalue weighted by molar-refractivity contribution is 5.54. The van der Waals surface area contributed by atoms with Gasteiger partial charge in [0.05, 0.1) is 13.7 Å². The zero-order chi connectivity index (χ0) is 20.9. The van der Waals surface area contributed by atoms with E-state index in [0.29, 0.717) is 24.2 Å². The van der Waals surface area contributed by atoms with Crippen LogP contribution >= 0.6 is 0 Å². The fraction of sp³-hybridized carbons (Fsp3) is 0.417. The van der Waals surface area contributed by atoms with Crippen molar-refractivity contribution in [2.24, 2.45) is 0 Å².